The van der Waals surface area contributed by atoms with Crippen molar-refractivity contribution in [3.8, 4) is 0 Å². The zero-order valence-corrected chi connectivity index (χ0v) is 13.3. The van der Waals surface area contributed by atoms with Crippen LogP contribution in [0.5, 0.6) is 0 Å². The number of carbonyl (C=O) groups excluding carboxylic acids is 1. The van der Waals surface area contributed by atoms with E-state index in [1.165, 1.54) is 0 Å². The minimum Gasteiger partial charge on any atom is -0.383 e. The number of hydrogen-bond donors (Lipinski definition) is 1. The fourth-order valence-corrected chi connectivity index (χ4v) is 1.73. The summed E-state index contributed by atoms with van der Waals surface area (Å²) in [5, 5.41) is 2.80. The molecule has 1 aliphatic heterocycles. The zero-order valence-electron chi connectivity index (χ0n) is 13.3. The van der Waals surface area contributed by atoms with Crippen LogP contribution in [-0.2, 0) is 14.3 Å². The van der Waals surface area contributed by atoms with Crippen LogP contribution < -0.4 is 5.32 Å². The Kier molecular flexibility index (Phi) is 8.97. The maximum Gasteiger partial charge on any atom is 0.222 e. The Morgan fingerprint density at radius 2 is 2.11 bits per heavy atom. The third-order valence-electron chi connectivity index (χ3n) is 3.22. The van der Waals surface area contributed by atoms with Gasteiger partial charge in [-0.05, 0) is 20.9 Å². The first-order chi connectivity index (χ1) is 8.95. The number of nitrogens with zero attached hydrogens (tertiary/aromatic N) is 1. The Morgan fingerprint density at radius 3 is 2.63 bits per heavy atom. The van der Waals surface area contributed by atoms with Crippen molar-refractivity contribution in [2.45, 2.75) is 45.8 Å². The van der Waals surface area contributed by atoms with E-state index >= 15 is 0 Å². The van der Waals surface area contributed by atoms with Gasteiger partial charge in [-0.1, -0.05) is 13.8 Å². The van der Waals surface area contributed by atoms with Gasteiger partial charge in [0.15, 0.2) is 0 Å². The Labute approximate surface area is 117 Å². The van der Waals surface area contributed by atoms with Gasteiger partial charge in [0.05, 0.1) is 25.7 Å². The standard InChI is InChI=1S/C12H24N2O3.C2H6/c1-12(2)9-17-10(8-14(12)3)7-11(15)13-5-6-16-4;1-2/h10H,5-9H2,1-4H3,(H,13,15);1-2H3. The van der Waals surface area contributed by atoms with E-state index in [9.17, 15) is 4.79 Å². The summed E-state index contributed by atoms with van der Waals surface area (Å²) < 4.78 is 10.6. The maximum atomic E-state index is 11.6. The number of rotatable bonds is 5. The molecule has 0 aliphatic carbocycles. The number of hydrogen-bond acceptors (Lipinski definition) is 4. The van der Waals surface area contributed by atoms with Crippen molar-refractivity contribution in [2.75, 3.05) is 40.5 Å². The molecule has 0 aromatic heterocycles. The summed E-state index contributed by atoms with van der Waals surface area (Å²) in [6.07, 6.45) is 0.417. The third-order valence-corrected chi connectivity index (χ3v) is 3.22. The molecule has 1 rings (SSSR count). The predicted molar refractivity (Wildman–Crippen MR) is 77.3 cm³/mol. The molecule has 0 aromatic carbocycles. The largest absolute Gasteiger partial charge is 0.383 e. The van der Waals surface area contributed by atoms with Crippen LogP contribution in [0.2, 0.25) is 0 Å². The summed E-state index contributed by atoms with van der Waals surface area (Å²) in [6.45, 7) is 10.8. The van der Waals surface area contributed by atoms with E-state index in [-0.39, 0.29) is 17.6 Å². The average Bonchev–Trinajstić information content (AvgIpc) is 2.37. The average molecular weight is 274 g/mol. The molecule has 1 N–H and O–H groups in total. The quantitative estimate of drug-likeness (QED) is 0.767. The minimum atomic E-state index is -0.00410. The maximum absolute atomic E-state index is 11.6. The summed E-state index contributed by atoms with van der Waals surface area (Å²) >= 11 is 0. The van der Waals surface area contributed by atoms with Gasteiger partial charge < -0.3 is 14.8 Å². The molecule has 1 unspecified atom stereocenters. The summed E-state index contributed by atoms with van der Waals surface area (Å²) in [5.74, 6) is 0.0279. The number of carbonyl (C=O) groups is 1. The zero-order chi connectivity index (χ0) is 14.9. The Morgan fingerprint density at radius 1 is 1.47 bits per heavy atom. The highest BCUT2D eigenvalue weighted by molar-refractivity contribution is 5.76. The molecular formula is C14H30N2O3. The molecule has 1 aliphatic rings. The normalized spacial score (nSPS) is 22.3. The van der Waals surface area contributed by atoms with E-state index in [0.717, 1.165) is 6.54 Å². The molecule has 0 radical (unpaired) electrons. The monoisotopic (exact) mass is 274 g/mol. The molecule has 0 spiro atoms. The summed E-state index contributed by atoms with van der Waals surface area (Å²) in [6, 6.07) is 0. The van der Waals surface area contributed by atoms with Crippen LogP contribution in [0.4, 0.5) is 0 Å². The van der Waals surface area contributed by atoms with Gasteiger partial charge in [-0.15, -0.1) is 0 Å². The van der Waals surface area contributed by atoms with Crippen LogP contribution in [-0.4, -0.2) is 62.9 Å². The van der Waals surface area contributed by atoms with Crippen molar-refractivity contribution >= 4 is 5.91 Å². The molecule has 1 amide bonds. The Balaban J connectivity index is 0.00000154. The van der Waals surface area contributed by atoms with E-state index < -0.39 is 0 Å². The van der Waals surface area contributed by atoms with Crippen molar-refractivity contribution in [1.29, 1.82) is 0 Å². The van der Waals surface area contributed by atoms with Crippen molar-refractivity contribution in [2.24, 2.45) is 0 Å². The van der Waals surface area contributed by atoms with Crippen molar-refractivity contribution in [1.82, 2.24) is 10.2 Å². The van der Waals surface area contributed by atoms with E-state index in [0.29, 0.717) is 26.2 Å². The van der Waals surface area contributed by atoms with Gasteiger partial charge in [-0.2, -0.15) is 0 Å². The lowest BCUT2D eigenvalue weighted by molar-refractivity contribution is -0.131. The lowest BCUT2D eigenvalue weighted by Gasteiger charge is -2.43. The second-order valence-electron chi connectivity index (χ2n) is 5.17. The highest BCUT2D eigenvalue weighted by Crippen LogP contribution is 2.21. The number of methoxy groups -OCH3 is 1. The molecule has 0 saturated carbocycles. The van der Waals surface area contributed by atoms with Crippen LogP contribution in [0.1, 0.15) is 34.1 Å². The van der Waals surface area contributed by atoms with Crippen LogP contribution in [0.25, 0.3) is 0 Å². The first-order valence-electron chi connectivity index (χ1n) is 7.04. The number of nitrogens with one attached hydrogen (secondary N) is 1. The molecule has 5 heteroatoms. The van der Waals surface area contributed by atoms with E-state index in [1.54, 1.807) is 7.11 Å². The van der Waals surface area contributed by atoms with Gasteiger partial charge in [0.1, 0.15) is 0 Å². The fourth-order valence-electron chi connectivity index (χ4n) is 1.73. The molecule has 19 heavy (non-hydrogen) atoms. The number of likely N-dealkylation sites (N-methyl/N-ethyl adjacent to an activating group) is 1. The molecule has 5 nitrogen and oxygen atoms in total. The summed E-state index contributed by atoms with van der Waals surface area (Å²) in [5.41, 5.74) is 0.0586. The summed E-state index contributed by atoms with van der Waals surface area (Å²) in [7, 11) is 3.69. The van der Waals surface area contributed by atoms with Crippen LogP contribution >= 0.6 is 0 Å². The number of ether oxygens (including phenoxy) is 2. The van der Waals surface area contributed by atoms with Gasteiger partial charge in [-0.3, -0.25) is 9.69 Å². The van der Waals surface area contributed by atoms with Gasteiger partial charge >= 0.3 is 0 Å². The van der Waals surface area contributed by atoms with E-state index in [2.05, 4.69) is 31.1 Å². The van der Waals surface area contributed by atoms with E-state index in [4.69, 9.17) is 9.47 Å². The predicted octanol–water partition coefficient (Wildman–Crippen LogP) is 1.27. The third kappa shape index (κ3) is 6.89. The summed E-state index contributed by atoms with van der Waals surface area (Å²) in [4.78, 5) is 13.8. The Bertz CT molecular complexity index is 257. The van der Waals surface area contributed by atoms with E-state index in [1.807, 2.05) is 13.8 Å². The highest BCUT2D eigenvalue weighted by atomic mass is 16.5. The first kappa shape index (κ1) is 18.4. The van der Waals surface area contributed by atoms with Gasteiger partial charge in [0.25, 0.3) is 0 Å². The number of morpholine rings is 1. The van der Waals surface area contributed by atoms with Crippen LogP contribution in [0.3, 0.4) is 0 Å². The van der Waals surface area contributed by atoms with Crippen LogP contribution in [0, 0.1) is 0 Å². The van der Waals surface area contributed by atoms with Crippen LogP contribution in [0.15, 0.2) is 0 Å². The molecule has 0 bridgehead atoms. The molecule has 1 heterocycles. The van der Waals surface area contributed by atoms with Crippen molar-refractivity contribution < 1.29 is 14.3 Å². The van der Waals surface area contributed by atoms with Gasteiger partial charge in [0, 0.05) is 25.7 Å². The van der Waals surface area contributed by atoms with Gasteiger partial charge in [0.2, 0.25) is 5.91 Å². The molecule has 1 fully saturated rings. The highest BCUT2D eigenvalue weighted by Gasteiger charge is 2.33. The molecule has 114 valence electrons. The Hall–Kier alpha value is -0.650. The SMILES string of the molecule is CC.COCCNC(=O)CC1CN(C)C(C)(C)CO1. The molecule has 1 saturated heterocycles. The second-order valence-corrected chi connectivity index (χ2v) is 5.17. The molecule has 1 atom stereocenters. The first-order valence-corrected chi connectivity index (χ1v) is 7.04. The van der Waals surface area contributed by atoms with Gasteiger partial charge in [-0.25, -0.2) is 0 Å². The lowest BCUT2D eigenvalue weighted by atomic mass is 10.0. The smallest absolute Gasteiger partial charge is 0.222 e. The lowest BCUT2D eigenvalue weighted by Crippen LogP contribution is -2.54. The fraction of sp³-hybridized carbons (Fsp3) is 0.929. The molecule has 0 aromatic rings. The minimum absolute atomic E-state index is 0.00410. The van der Waals surface area contributed by atoms with Crippen molar-refractivity contribution in [3.63, 3.8) is 0 Å². The molecular weight excluding hydrogens is 244 g/mol. The second kappa shape index (κ2) is 9.28. The van der Waals surface area contributed by atoms with Crippen molar-refractivity contribution in [3.05, 3.63) is 0 Å². The number of amides is 1. The topological polar surface area (TPSA) is 50.8 Å².